The molecule has 3 atom stereocenters. The monoisotopic (exact) mass is 444 g/mol. The Morgan fingerprint density at radius 1 is 0.939 bits per heavy atom. The van der Waals surface area contributed by atoms with Crippen LogP contribution in [0.4, 0.5) is 11.4 Å². The van der Waals surface area contributed by atoms with Gasteiger partial charge in [-0.3, -0.25) is 19.2 Å². The van der Waals surface area contributed by atoms with Gasteiger partial charge in [0.05, 0.1) is 23.4 Å². The third-order valence-corrected chi connectivity index (χ3v) is 6.67. The Hall–Kier alpha value is -3.74. The Kier molecular flexibility index (Phi) is 5.32. The predicted octanol–water partition coefficient (Wildman–Crippen LogP) is 3.41. The molecule has 2 fully saturated rings. The Balaban J connectivity index is 1.30. The summed E-state index contributed by atoms with van der Waals surface area (Å²) in [7, 11) is 0. The van der Waals surface area contributed by atoms with Gasteiger partial charge in [-0.1, -0.05) is 36.4 Å². The zero-order valence-corrected chi connectivity index (χ0v) is 18.3. The van der Waals surface area contributed by atoms with Crippen LogP contribution < -0.4 is 14.5 Å². The molecule has 7 heteroatoms. The van der Waals surface area contributed by atoms with E-state index in [0.717, 1.165) is 11.3 Å². The Labute approximate surface area is 191 Å². The summed E-state index contributed by atoms with van der Waals surface area (Å²) in [6.45, 7) is 2.18. The molecule has 0 aromatic heterocycles. The second kappa shape index (κ2) is 8.31. The van der Waals surface area contributed by atoms with Crippen molar-refractivity contribution < 1.29 is 23.9 Å². The van der Waals surface area contributed by atoms with Crippen LogP contribution in [-0.4, -0.2) is 30.2 Å². The minimum atomic E-state index is -0.593. The highest BCUT2D eigenvalue weighted by molar-refractivity contribution is 6.22. The first-order valence-corrected chi connectivity index (χ1v) is 11.1. The number of esters is 1. The summed E-state index contributed by atoms with van der Waals surface area (Å²) in [5.74, 6) is -2.06. The molecule has 0 bridgehead atoms. The molecule has 33 heavy (non-hydrogen) atoms. The van der Waals surface area contributed by atoms with Crippen molar-refractivity contribution in [2.24, 2.45) is 17.8 Å². The number of para-hydroxylation sites is 1. The van der Waals surface area contributed by atoms with Crippen molar-refractivity contribution in [3.63, 3.8) is 0 Å². The van der Waals surface area contributed by atoms with Crippen molar-refractivity contribution in [1.82, 2.24) is 0 Å². The van der Waals surface area contributed by atoms with Gasteiger partial charge in [0, 0.05) is 24.7 Å². The maximum absolute atomic E-state index is 12.8. The number of hydrogen-bond donors (Lipinski definition) is 0. The number of rotatable bonds is 4. The number of fused-ring (bicyclic) bond motifs is 1. The summed E-state index contributed by atoms with van der Waals surface area (Å²) in [5, 5.41) is 0. The van der Waals surface area contributed by atoms with Gasteiger partial charge < -0.3 is 9.64 Å². The molecule has 2 aromatic carbocycles. The molecule has 3 amide bonds. The van der Waals surface area contributed by atoms with E-state index in [1.54, 1.807) is 23.1 Å². The molecule has 1 aliphatic carbocycles. The van der Waals surface area contributed by atoms with Crippen LogP contribution in [-0.2, 0) is 19.2 Å². The number of anilines is 2. The van der Waals surface area contributed by atoms with Gasteiger partial charge in [-0.2, -0.15) is 0 Å². The summed E-state index contributed by atoms with van der Waals surface area (Å²) < 4.78 is 5.57. The molecule has 0 N–H and O–H groups in total. The van der Waals surface area contributed by atoms with E-state index in [4.69, 9.17) is 4.74 Å². The molecule has 168 valence electrons. The van der Waals surface area contributed by atoms with E-state index in [-0.39, 0.29) is 48.3 Å². The molecule has 3 aliphatic rings. The first-order valence-electron chi connectivity index (χ1n) is 11.1. The topological polar surface area (TPSA) is 84.0 Å². The smallest absolute Gasteiger partial charge is 0.316 e. The lowest BCUT2D eigenvalue weighted by Gasteiger charge is -2.19. The zero-order chi connectivity index (χ0) is 23.1. The van der Waals surface area contributed by atoms with E-state index >= 15 is 0 Å². The van der Waals surface area contributed by atoms with Crippen molar-refractivity contribution in [2.75, 3.05) is 16.3 Å². The molecule has 0 unspecified atom stereocenters. The Morgan fingerprint density at radius 3 is 2.33 bits per heavy atom. The number of carbonyl (C=O) groups excluding carboxylic acids is 4. The van der Waals surface area contributed by atoms with Gasteiger partial charge in [-0.15, -0.1) is 0 Å². The largest absolute Gasteiger partial charge is 0.426 e. The fraction of sp³-hybridized carbons (Fsp3) is 0.308. The summed E-state index contributed by atoms with van der Waals surface area (Å²) in [6.07, 6.45) is 5.08. The second-order valence-electron chi connectivity index (χ2n) is 8.78. The minimum absolute atomic E-state index is 0.0757. The molecule has 7 nitrogen and oxygen atoms in total. The average molecular weight is 444 g/mol. The van der Waals surface area contributed by atoms with Crippen molar-refractivity contribution in [2.45, 2.75) is 26.2 Å². The van der Waals surface area contributed by atoms with Crippen molar-refractivity contribution >= 4 is 35.1 Å². The van der Waals surface area contributed by atoms with Crippen LogP contribution in [0.3, 0.4) is 0 Å². The predicted molar refractivity (Wildman–Crippen MR) is 122 cm³/mol. The zero-order valence-electron chi connectivity index (χ0n) is 18.3. The molecule has 2 heterocycles. The lowest BCUT2D eigenvalue weighted by Crippen LogP contribution is -2.31. The maximum Gasteiger partial charge on any atom is 0.316 e. The highest BCUT2D eigenvalue weighted by Gasteiger charge is 2.48. The molecule has 0 spiro atoms. The van der Waals surface area contributed by atoms with E-state index in [0.29, 0.717) is 18.5 Å². The Morgan fingerprint density at radius 2 is 1.64 bits per heavy atom. The average Bonchev–Trinajstić information content (AvgIpc) is 3.32. The standard InChI is InChI=1S/C26H24N2O5/c1-16-7-2-5-12-22(16)27-15-17(13-23(27)29)26(32)33-19-9-6-8-18(14-19)28-24(30)20-10-3-4-11-21(20)25(28)31/h2-9,12,14,17,20-21H,10-11,13,15H2,1H3/t17-,20-,21+/m0/s1. The van der Waals surface area contributed by atoms with Gasteiger partial charge in [-0.25, -0.2) is 4.90 Å². The lowest BCUT2D eigenvalue weighted by atomic mass is 9.85. The van der Waals surface area contributed by atoms with Crippen LogP contribution in [0.5, 0.6) is 5.75 Å². The van der Waals surface area contributed by atoms with Crippen LogP contribution in [0.2, 0.25) is 0 Å². The number of imide groups is 1. The van der Waals surface area contributed by atoms with Crippen LogP contribution in [0.1, 0.15) is 24.8 Å². The first kappa shape index (κ1) is 21.1. The number of aryl methyl sites for hydroxylation is 1. The summed E-state index contributed by atoms with van der Waals surface area (Å²) >= 11 is 0. The SMILES string of the molecule is Cc1ccccc1N1C[C@@H](C(=O)Oc2cccc(N3C(=O)[C@H]4CC=CC[C@H]4C3=O)c2)CC1=O. The summed E-state index contributed by atoms with van der Waals surface area (Å²) in [5.41, 5.74) is 2.15. The van der Waals surface area contributed by atoms with E-state index in [9.17, 15) is 19.2 Å². The number of amides is 3. The van der Waals surface area contributed by atoms with Gasteiger partial charge in [-0.05, 0) is 43.5 Å². The third kappa shape index (κ3) is 3.73. The molecule has 5 rings (SSSR count). The van der Waals surface area contributed by atoms with Gasteiger partial charge in [0.2, 0.25) is 17.7 Å². The van der Waals surface area contributed by atoms with Crippen LogP contribution >= 0.6 is 0 Å². The van der Waals surface area contributed by atoms with Gasteiger partial charge in [0.25, 0.3) is 0 Å². The number of ether oxygens (including phenoxy) is 1. The van der Waals surface area contributed by atoms with Crippen LogP contribution in [0, 0.1) is 24.7 Å². The Bertz CT molecular complexity index is 1160. The van der Waals surface area contributed by atoms with E-state index in [2.05, 4.69) is 0 Å². The second-order valence-corrected chi connectivity index (χ2v) is 8.78. The van der Waals surface area contributed by atoms with Crippen molar-refractivity contribution in [1.29, 1.82) is 0 Å². The number of nitrogens with zero attached hydrogens (tertiary/aromatic N) is 2. The van der Waals surface area contributed by atoms with Gasteiger partial charge >= 0.3 is 5.97 Å². The number of benzene rings is 2. The van der Waals surface area contributed by atoms with Gasteiger partial charge in [0.15, 0.2) is 0 Å². The molecular weight excluding hydrogens is 420 g/mol. The lowest BCUT2D eigenvalue weighted by molar-refractivity contribution is -0.139. The van der Waals surface area contributed by atoms with Crippen LogP contribution in [0.15, 0.2) is 60.7 Å². The number of hydrogen-bond acceptors (Lipinski definition) is 5. The van der Waals surface area contributed by atoms with E-state index in [1.165, 1.54) is 11.0 Å². The fourth-order valence-corrected chi connectivity index (χ4v) is 4.90. The molecule has 0 radical (unpaired) electrons. The molecule has 0 saturated carbocycles. The summed E-state index contributed by atoms with van der Waals surface area (Å²) in [6, 6.07) is 14.0. The van der Waals surface area contributed by atoms with Gasteiger partial charge in [0.1, 0.15) is 5.75 Å². The number of allylic oxidation sites excluding steroid dienone is 2. The maximum atomic E-state index is 12.8. The highest BCUT2D eigenvalue weighted by atomic mass is 16.5. The van der Waals surface area contributed by atoms with E-state index in [1.807, 2.05) is 43.3 Å². The number of carbonyl (C=O) groups is 4. The van der Waals surface area contributed by atoms with Crippen molar-refractivity contribution in [3.8, 4) is 5.75 Å². The molecule has 2 saturated heterocycles. The van der Waals surface area contributed by atoms with Crippen molar-refractivity contribution in [3.05, 3.63) is 66.2 Å². The summed E-state index contributed by atoms with van der Waals surface area (Å²) in [4.78, 5) is 53.9. The molecule has 2 aliphatic heterocycles. The fourth-order valence-electron chi connectivity index (χ4n) is 4.90. The molecular formula is C26H24N2O5. The van der Waals surface area contributed by atoms with E-state index < -0.39 is 11.9 Å². The highest BCUT2D eigenvalue weighted by Crippen LogP contribution is 2.38. The van der Waals surface area contributed by atoms with Crippen LogP contribution in [0.25, 0.3) is 0 Å². The molecule has 2 aromatic rings. The quantitative estimate of drug-likeness (QED) is 0.312. The first-order chi connectivity index (χ1) is 15.9. The third-order valence-electron chi connectivity index (χ3n) is 6.67. The minimum Gasteiger partial charge on any atom is -0.426 e. The normalized spacial score (nSPS) is 24.4.